The molecule has 8 nitrogen and oxygen atoms in total. The largest absolute Gasteiger partial charge is 0.464 e. The van der Waals surface area contributed by atoms with Gasteiger partial charge < -0.3 is 19.7 Å². The van der Waals surface area contributed by atoms with E-state index in [-0.39, 0.29) is 10.3 Å². The maximum Gasteiger partial charge on any atom is 0.361 e. The molecular weight excluding hydrogens is 329 g/mol. The molecule has 4 atom stereocenters. The summed E-state index contributed by atoms with van der Waals surface area (Å²) in [6, 6.07) is 0. The smallest absolute Gasteiger partial charge is 0.361 e. The third-order valence-electron chi connectivity index (χ3n) is 2.73. The van der Waals surface area contributed by atoms with Crippen molar-refractivity contribution in [2.24, 2.45) is 0 Å². The number of carbonyl (C=O) groups excluding carboxylic acids is 1. The summed E-state index contributed by atoms with van der Waals surface area (Å²) in [5.41, 5.74) is -0.139. The molecule has 0 radical (unpaired) electrons. The molecule has 0 aromatic carbocycles. The van der Waals surface area contributed by atoms with Crippen molar-refractivity contribution < 1.29 is 28.9 Å². The van der Waals surface area contributed by atoms with Gasteiger partial charge in [-0.3, -0.25) is 0 Å². The van der Waals surface area contributed by atoms with Crippen molar-refractivity contribution in [1.82, 2.24) is 15.0 Å². The van der Waals surface area contributed by atoms with E-state index in [0.29, 0.717) is 0 Å². The van der Waals surface area contributed by atoms with Gasteiger partial charge in [-0.25, -0.2) is 13.9 Å². The fraction of sp³-hybridized carbons (Fsp3) is 0.667. The molecule has 1 fully saturated rings. The Hall–Kier alpha value is -1.10. The van der Waals surface area contributed by atoms with Gasteiger partial charge in [0, 0.05) is 0 Å². The number of carbonyl (C=O) groups is 1. The first-order valence-corrected chi connectivity index (χ1v) is 6.08. The average molecular weight is 340 g/mol. The SMILES string of the molecule is COC(=O)c1nnn([C@@H]2O[C@H](CO)[C@@H](O)[C@@H]2F)c1Br. The number of halogens is 2. The van der Waals surface area contributed by atoms with Crippen LogP contribution in [0, 0.1) is 0 Å². The van der Waals surface area contributed by atoms with Crippen LogP contribution in [0.2, 0.25) is 0 Å². The fourth-order valence-corrected chi connectivity index (χ4v) is 2.23. The van der Waals surface area contributed by atoms with E-state index in [4.69, 9.17) is 9.84 Å². The fourth-order valence-electron chi connectivity index (χ4n) is 1.72. The lowest BCUT2D eigenvalue weighted by molar-refractivity contribution is -0.0537. The number of aliphatic hydroxyl groups excluding tert-OH is 2. The van der Waals surface area contributed by atoms with Gasteiger partial charge in [-0.05, 0) is 15.9 Å². The molecule has 0 saturated carbocycles. The molecule has 2 N–H and O–H groups in total. The molecule has 1 aliphatic heterocycles. The molecule has 0 spiro atoms. The molecular formula is C9H11BrFN3O5. The maximum absolute atomic E-state index is 13.9. The van der Waals surface area contributed by atoms with Crippen molar-refractivity contribution in [3.63, 3.8) is 0 Å². The Balaban J connectivity index is 2.28. The molecule has 0 aliphatic carbocycles. The first kappa shape index (κ1) is 14.3. The first-order valence-electron chi connectivity index (χ1n) is 5.28. The Morgan fingerprint density at radius 2 is 2.37 bits per heavy atom. The van der Waals surface area contributed by atoms with Crippen molar-refractivity contribution in [2.45, 2.75) is 24.6 Å². The number of rotatable bonds is 3. The number of ether oxygens (including phenoxy) is 2. The highest BCUT2D eigenvalue weighted by atomic mass is 79.9. The summed E-state index contributed by atoms with van der Waals surface area (Å²) in [4.78, 5) is 11.3. The molecule has 1 saturated heterocycles. The van der Waals surface area contributed by atoms with E-state index in [9.17, 15) is 14.3 Å². The lowest BCUT2D eigenvalue weighted by Crippen LogP contribution is -2.30. The van der Waals surface area contributed by atoms with E-state index in [1.165, 1.54) is 7.11 Å². The highest BCUT2D eigenvalue weighted by molar-refractivity contribution is 9.10. The van der Waals surface area contributed by atoms with E-state index in [1.807, 2.05) is 0 Å². The van der Waals surface area contributed by atoms with E-state index < -0.39 is 37.2 Å². The normalized spacial score (nSPS) is 30.6. The van der Waals surface area contributed by atoms with Crippen molar-refractivity contribution >= 4 is 21.9 Å². The van der Waals surface area contributed by atoms with Crippen LogP contribution in [0.25, 0.3) is 0 Å². The van der Waals surface area contributed by atoms with Crippen LogP contribution in [0.5, 0.6) is 0 Å². The van der Waals surface area contributed by atoms with Crippen molar-refractivity contribution in [3.8, 4) is 0 Å². The minimum Gasteiger partial charge on any atom is -0.464 e. The number of hydrogen-bond donors (Lipinski definition) is 2. The number of nitrogens with zero attached hydrogens (tertiary/aromatic N) is 3. The zero-order chi connectivity index (χ0) is 14.2. The standard InChI is InChI=1S/C9H11BrFN3O5/c1-18-9(17)5-7(10)14(13-12-5)8-4(11)6(16)3(2-15)19-8/h3-4,6,8,15-16H,2H2,1H3/t3-,4+,6-,8-/m1/s1. The van der Waals surface area contributed by atoms with Gasteiger partial charge in [-0.15, -0.1) is 5.10 Å². The molecule has 1 aromatic rings. The second kappa shape index (κ2) is 5.49. The van der Waals surface area contributed by atoms with E-state index in [1.54, 1.807) is 0 Å². The predicted octanol–water partition coefficient (Wildman–Crippen LogP) is -0.584. The van der Waals surface area contributed by atoms with Crippen LogP contribution in [0.4, 0.5) is 4.39 Å². The zero-order valence-electron chi connectivity index (χ0n) is 9.73. The molecule has 10 heteroatoms. The molecule has 2 heterocycles. The summed E-state index contributed by atoms with van der Waals surface area (Å²) in [5.74, 6) is -0.745. The molecule has 0 unspecified atom stereocenters. The van der Waals surface area contributed by atoms with E-state index >= 15 is 0 Å². The van der Waals surface area contributed by atoms with Crippen molar-refractivity contribution in [1.29, 1.82) is 0 Å². The van der Waals surface area contributed by atoms with Crippen LogP contribution in [0.1, 0.15) is 16.7 Å². The van der Waals surface area contributed by atoms with E-state index in [0.717, 1.165) is 4.68 Å². The molecule has 106 valence electrons. The molecule has 19 heavy (non-hydrogen) atoms. The summed E-state index contributed by atoms with van der Waals surface area (Å²) >= 11 is 3.04. The van der Waals surface area contributed by atoms with Gasteiger partial charge in [0.25, 0.3) is 0 Å². The molecule has 0 bridgehead atoms. The molecule has 0 amide bonds. The number of alkyl halides is 1. The van der Waals surface area contributed by atoms with Crippen molar-refractivity contribution in [2.75, 3.05) is 13.7 Å². The quantitative estimate of drug-likeness (QED) is 0.709. The summed E-state index contributed by atoms with van der Waals surface area (Å²) in [6.45, 7) is -0.533. The van der Waals surface area contributed by atoms with Gasteiger partial charge in [0.1, 0.15) is 16.8 Å². The van der Waals surface area contributed by atoms with Gasteiger partial charge in [0.2, 0.25) is 5.69 Å². The third kappa shape index (κ3) is 2.36. The van der Waals surface area contributed by atoms with Gasteiger partial charge in [0.15, 0.2) is 12.4 Å². The number of esters is 1. The number of methoxy groups -OCH3 is 1. The zero-order valence-corrected chi connectivity index (χ0v) is 11.3. The van der Waals surface area contributed by atoms with Gasteiger partial charge in [0.05, 0.1) is 13.7 Å². The Bertz CT molecular complexity index is 484. The average Bonchev–Trinajstić information content (AvgIpc) is 2.91. The minimum atomic E-state index is -1.80. The predicted molar refractivity (Wildman–Crippen MR) is 61.0 cm³/mol. The van der Waals surface area contributed by atoms with Gasteiger partial charge in [-0.2, -0.15) is 0 Å². The lowest BCUT2D eigenvalue weighted by atomic mass is 10.1. The molecule has 1 aliphatic rings. The van der Waals surface area contributed by atoms with Crippen LogP contribution in [-0.2, 0) is 9.47 Å². The van der Waals surface area contributed by atoms with Crippen molar-refractivity contribution in [3.05, 3.63) is 10.3 Å². The van der Waals surface area contributed by atoms with Crippen LogP contribution in [-0.4, -0.2) is 63.3 Å². The Morgan fingerprint density at radius 3 is 2.89 bits per heavy atom. The topological polar surface area (TPSA) is 107 Å². The van der Waals surface area contributed by atoms with Crippen LogP contribution < -0.4 is 0 Å². The Labute approximate surface area is 115 Å². The number of hydrogen-bond acceptors (Lipinski definition) is 7. The van der Waals surface area contributed by atoms with Crippen LogP contribution in [0.3, 0.4) is 0 Å². The van der Waals surface area contributed by atoms with E-state index in [2.05, 4.69) is 31.0 Å². The third-order valence-corrected chi connectivity index (χ3v) is 3.47. The number of aromatic nitrogens is 3. The van der Waals surface area contributed by atoms with Crippen LogP contribution >= 0.6 is 15.9 Å². The monoisotopic (exact) mass is 339 g/mol. The first-order chi connectivity index (χ1) is 9.01. The van der Waals surface area contributed by atoms with Crippen LogP contribution in [0.15, 0.2) is 4.60 Å². The summed E-state index contributed by atoms with van der Waals surface area (Å²) in [7, 11) is 1.17. The highest BCUT2D eigenvalue weighted by Crippen LogP contribution is 2.33. The number of aliphatic hydroxyl groups is 2. The second-order valence-electron chi connectivity index (χ2n) is 3.85. The molecule has 2 rings (SSSR count). The highest BCUT2D eigenvalue weighted by Gasteiger charge is 2.46. The maximum atomic E-state index is 13.9. The van der Waals surface area contributed by atoms with Gasteiger partial charge >= 0.3 is 5.97 Å². The summed E-state index contributed by atoms with van der Waals surface area (Å²) in [5, 5.41) is 25.6. The lowest BCUT2D eigenvalue weighted by Gasteiger charge is -2.13. The summed E-state index contributed by atoms with van der Waals surface area (Å²) < 4.78 is 24.5. The Kier molecular flexibility index (Phi) is 4.13. The Morgan fingerprint density at radius 1 is 1.68 bits per heavy atom. The second-order valence-corrected chi connectivity index (χ2v) is 4.60. The summed E-state index contributed by atoms with van der Waals surface area (Å²) in [6.07, 6.45) is -5.63. The molecule has 1 aromatic heterocycles. The minimum absolute atomic E-state index is 0.0674. The van der Waals surface area contributed by atoms with Gasteiger partial charge in [-0.1, -0.05) is 5.21 Å².